The summed E-state index contributed by atoms with van der Waals surface area (Å²) in [6.07, 6.45) is 1.46. The molecule has 0 fully saturated rings. The Morgan fingerprint density at radius 3 is 2.50 bits per heavy atom. The first-order chi connectivity index (χ1) is 14.5. The number of pyridine rings is 1. The number of nitrogens with one attached hydrogen (secondary N) is 1. The van der Waals surface area contributed by atoms with Crippen LogP contribution in [0.3, 0.4) is 0 Å². The quantitative estimate of drug-likeness (QED) is 0.553. The first-order valence-corrected chi connectivity index (χ1v) is 9.98. The van der Waals surface area contributed by atoms with Crippen molar-refractivity contribution in [1.82, 2.24) is 9.88 Å². The highest BCUT2D eigenvalue weighted by atomic mass is 35.5. The number of amides is 1. The highest BCUT2D eigenvalue weighted by Crippen LogP contribution is 2.23. The van der Waals surface area contributed by atoms with Gasteiger partial charge < -0.3 is 19.7 Å². The number of aromatic nitrogens is 1. The third-order valence-corrected chi connectivity index (χ3v) is 5.09. The monoisotopic (exact) mass is 446 g/mol. The molecule has 0 spiro atoms. The second-order valence-electron chi connectivity index (χ2n) is 6.48. The van der Waals surface area contributed by atoms with Gasteiger partial charge in [-0.2, -0.15) is 0 Å². The molecule has 1 amide bonds. The number of aliphatic hydroxyl groups is 1. The maximum atomic E-state index is 13.0. The van der Waals surface area contributed by atoms with E-state index in [0.717, 1.165) is 11.1 Å². The first-order valence-electron chi connectivity index (χ1n) is 9.22. The standard InChI is InChI=1S/C22H20Cl2N2O4/c23-17-7-6-16(12-18(17)24)13-25-22(29)20-21(19(28)8-9-26(20)10-11-27)30-14-15-4-2-1-3-5-15/h1-9,12,27H,10-11,13-14H2,(H,25,29). The van der Waals surface area contributed by atoms with Crippen LogP contribution in [-0.2, 0) is 19.7 Å². The summed E-state index contributed by atoms with van der Waals surface area (Å²) in [6, 6.07) is 15.7. The molecule has 6 nitrogen and oxygen atoms in total. The topological polar surface area (TPSA) is 80.6 Å². The lowest BCUT2D eigenvalue weighted by atomic mass is 10.2. The van der Waals surface area contributed by atoms with Crippen molar-refractivity contribution in [2.24, 2.45) is 0 Å². The molecule has 0 saturated heterocycles. The average Bonchev–Trinajstić information content (AvgIpc) is 2.75. The van der Waals surface area contributed by atoms with E-state index in [-0.39, 0.29) is 37.7 Å². The van der Waals surface area contributed by atoms with Crippen LogP contribution < -0.4 is 15.5 Å². The zero-order valence-electron chi connectivity index (χ0n) is 16.0. The summed E-state index contributed by atoms with van der Waals surface area (Å²) in [5.41, 5.74) is 1.24. The number of nitrogens with zero attached hydrogens (tertiary/aromatic N) is 1. The fourth-order valence-corrected chi connectivity index (χ4v) is 3.19. The minimum absolute atomic E-state index is 0.0486. The van der Waals surface area contributed by atoms with Crippen LogP contribution in [0.4, 0.5) is 0 Å². The van der Waals surface area contributed by atoms with E-state index in [4.69, 9.17) is 27.9 Å². The Kier molecular flexibility index (Phi) is 7.52. The van der Waals surface area contributed by atoms with E-state index in [1.54, 1.807) is 18.2 Å². The normalized spacial score (nSPS) is 10.6. The van der Waals surface area contributed by atoms with E-state index in [9.17, 15) is 14.7 Å². The van der Waals surface area contributed by atoms with Gasteiger partial charge in [-0.25, -0.2) is 0 Å². The Balaban J connectivity index is 1.86. The minimum Gasteiger partial charge on any atom is -0.483 e. The summed E-state index contributed by atoms with van der Waals surface area (Å²) in [4.78, 5) is 25.4. The summed E-state index contributed by atoms with van der Waals surface area (Å²) < 4.78 is 7.23. The Bertz CT molecular complexity index is 1080. The van der Waals surface area contributed by atoms with Gasteiger partial charge in [-0.1, -0.05) is 59.6 Å². The third-order valence-electron chi connectivity index (χ3n) is 4.35. The molecule has 0 radical (unpaired) electrons. The van der Waals surface area contributed by atoms with Crippen molar-refractivity contribution in [3.63, 3.8) is 0 Å². The van der Waals surface area contributed by atoms with E-state index in [2.05, 4.69) is 5.32 Å². The molecule has 0 unspecified atom stereocenters. The minimum atomic E-state index is -0.504. The van der Waals surface area contributed by atoms with Crippen LogP contribution in [0.15, 0.2) is 65.6 Å². The van der Waals surface area contributed by atoms with Gasteiger partial charge in [0.05, 0.1) is 16.7 Å². The predicted octanol–water partition coefficient (Wildman–Crippen LogP) is 3.66. The summed E-state index contributed by atoms with van der Waals surface area (Å²) >= 11 is 11.9. The summed E-state index contributed by atoms with van der Waals surface area (Å²) in [5.74, 6) is -0.572. The molecule has 1 aromatic heterocycles. The molecule has 1 heterocycles. The maximum Gasteiger partial charge on any atom is 0.272 e. The SMILES string of the molecule is O=C(NCc1ccc(Cl)c(Cl)c1)c1c(OCc2ccccc2)c(=O)ccn1CCO. The first kappa shape index (κ1) is 21.9. The number of hydrogen-bond donors (Lipinski definition) is 2. The lowest BCUT2D eigenvalue weighted by molar-refractivity contribution is 0.0933. The number of ether oxygens (including phenoxy) is 1. The number of benzene rings is 2. The van der Waals surface area contributed by atoms with Crippen LogP contribution in [0.25, 0.3) is 0 Å². The lowest BCUT2D eigenvalue weighted by Gasteiger charge is -2.17. The Morgan fingerprint density at radius 2 is 1.80 bits per heavy atom. The Labute approximate surface area is 183 Å². The van der Waals surface area contributed by atoms with Crippen molar-refractivity contribution in [2.75, 3.05) is 6.61 Å². The van der Waals surface area contributed by atoms with Gasteiger partial charge in [-0.3, -0.25) is 9.59 Å². The van der Waals surface area contributed by atoms with E-state index in [0.29, 0.717) is 10.0 Å². The van der Waals surface area contributed by atoms with Gasteiger partial charge in [0.1, 0.15) is 6.61 Å². The van der Waals surface area contributed by atoms with Crippen LogP contribution in [0.5, 0.6) is 5.75 Å². The number of aliphatic hydroxyl groups excluding tert-OH is 1. The molecule has 3 aromatic rings. The van der Waals surface area contributed by atoms with Crippen molar-refractivity contribution < 1.29 is 14.6 Å². The molecule has 2 N–H and O–H groups in total. The van der Waals surface area contributed by atoms with Crippen molar-refractivity contribution in [3.8, 4) is 5.75 Å². The van der Waals surface area contributed by atoms with E-state index >= 15 is 0 Å². The summed E-state index contributed by atoms with van der Waals surface area (Å²) in [7, 11) is 0. The van der Waals surface area contributed by atoms with Gasteiger partial charge in [-0.05, 0) is 23.3 Å². The zero-order valence-corrected chi connectivity index (χ0v) is 17.5. The van der Waals surface area contributed by atoms with Gasteiger partial charge in [-0.15, -0.1) is 0 Å². The maximum absolute atomic E-state index is 13.0. The lowest BCUT2D eigenvalue weighted by Crippen LogP contribution is -2.30. The molecule has 0 aliphatic rings. The van der Waals surface area contributed by atoms with Gasteiger partial charge >= 0.3 is 0 Å². The molecule has 0 atom stereocenters. The third kappa shape index (κ3) is 5.42. The second-order valence-corrected chi connectivity index (χ2v) is 7.29. The van der Waals surface area contributed by atoms with E-state index in [1.165, 1.54) is 16.8 Å². The zero-order chi connectivity index (χ0) is 21.5. The average molecular weight is 447 g/mol. The number of halogens is 2. The van der Waals surface area contributed by atoms with Gasteiger partial charge in [0.2, 0.25) is 5.43 Å². The highest BCUT2D eigenvalue weighted by molar-refractivity contribution is 6.42. The Morgan fingerprint density at radius 1 is 1.03 bits per heavy atom. The van der Waals surface area contributed by atoms with E-state index in [1.807, 2.05) is 30.3 Å². The van der Waals surface area contributed by atoms with Gasteiger partial charge in [0.15, 0.2) is 11.4 Å². The summed E-state index contributed by atoms with van der Waals surface area (Å²) in [6.45, 7) is 0.244. The number of rotatable bonds is 8. The van der Waals surface area contributed by atoms with Crippen LogP contribution in [0, 0.1) is 0 Å². The molecule has 0 bridgehead atoms. The molecule has 0 aliphatic carbocycles. The van der Waals surface area contributed by atoms with Crippen LogP contribution in [0.2, 0.25) is 10.0 Å². The number of carbonyl (C=O) groups excluding carboxylic acids is 1. The number of hydrogen-bond acceptors (Lipinski definition) is 4. The van der Waals surface area contributed by atoms with Crippen LogP contribution in [0.1, 0.15) is 21.6 Å². The van der Waals surface area contributed by atoms with Crippen molar-refractivity contribution in [1.29, 1.82) is 0 Å². The van der Waals surface area contributed by atoms with Crippen LogP contribution >= 0.6 is 23.2 Å². The highest BCUT2D eigenvalue weighted by Gasteiger charge is 2.20. The van der Waals surface area contributed by atoms with Crippen molar-refractivity contribution in [3.05, 3.63) is 97.9 Å². The fourth-order valence-electron chi connectivity index (χ4n) is 2.87. The molecule has 3 rings (SSSR count). The van der Waals surface area contributed by atoms with Crippen molar-refractivity contribution in [2.45, 2.75) is 19.7 Å². The van der Waals surface area contributed by atoms with Gasteiger partial charge in [0, 0.05) is 25.4 Å². The summed E-state index contributed by atoms with van der Waals surface area (Å²) in [5, 5.41) is 12.9. The van der Waals surface area contributed by atoms with Crippen LogP contribution in [-0.4, -0.2) is 22.2 Å². The predicted molar refractivity (Wildman–Crippen MR) is 116 cm³/mol. The smallest absolute Gasteiger partial charge is 0.272 e. The molecular formula is C22H20Cl2N2O4. The molecular weight excluding hydrogens is 427 g/mol. The molecule has 8 heteroatoms. The molecule has 0 saturated carbocycles. The molecule has 2 aromatic carbocycles. The molecule has 0 aliphatic heterocycles. The molecule has 156 valence electrons. The number of carbonyl (C=O) groups is 1. The van der Waals surface area contributed by atoms with E-state index < -0.39 is 11.3 Å². The van der Waals surface area contributed by atoms with Gasteiger partial charge in [0.25, 0.3) is 5.91 Å². The largest absolute Gasteiger partial charge is 0.483 e. The fraction of sp³-hybridized carbons (Fsp3) is 0.182. The second kappa shape index (κ2) is 10.3. The molecule has 30 heavy (non-hydrogen) atoms. The van der Waals surface area contributed by atoms with Crippen molar-refractivity contribution >= 4 is 29.1 Å². The Hall–Kier alpha value is -2.80.